The molecule has 4 heteroatoms. The zero-order chi connectivity index (χ0) is 12.5. The molecule has 0 bridgehead atoms. The Hall–Kier alpha value is -2.36. The Morgan fingerprint density at radius 1 is 0.778 bits per heavy atom. The molecule has 0 aliphatic heterocycles. The topological polar surface area (TPSA) is 35.6 Å². The Labute approximate surface area is 106 Å². The average Bonchev–Trinajstić information content (AvgIpc) is 2.98. The summed E-state index contributed by atoms with van der Waals surface area (Å²) in [6.45, 7) is 0. The first-order valence-electron chi connectivity index (χ1n) is 5.80. The maximum atomic E-state index is 4.41. The van der Waals surface area contributed by atoms with Gasteiger partial charge in [-0.1, -0.05) is 24.3 Å². The fraction of sp³-hybridized carbons (Fsp3) is 0.143. The smallest absolute Gasteiger partial charge is 0.0951 e. The van der Waals surface area contributed by atoms with Crippen molar-refractivity contribution in [2.45, 2.75) is 0 Å². The van der Waals surface area contributed by atoms with Crippen molar-refractivity contribution in [1.29, 1.82) is 0 Å². The second-order valence-electron chi connectivity index (χ2n) is 4.39. The highest BCUT2D eigenvalue weighted by Crippen LogP contribution is 2.29. The van der Waals surface area contributed by atoms with Gasteiger partial charge in [-0.15, -0.1) is 0 Å². The molecule has 0 N–H and O–H groups in total. The number of aryl methyl sites for hydroxylation is 2. The molecular weight excluding hydrogens is 224 g/mol. The highest BCUT2D eigenvalue weighted by Gasteiger charge is 2.10. The van der Waals surface area contributed by atoms with E-state index < -0.39 is 0 Å². The van der Waals surface area contributed by atoms with Crippen molar-refractivity contribution in [3.05, 3.63) is 49.3 Å². The van der Waals surface area contributed by atoms with E-state index in [2.05, 4.69) is 22.1 Å². The summed E-state index contributed by atoms with van der Waals surface area (Å²) in [6, 6.07) is 8.20. The minimum absolute atomic E-state index is 0.971. The first-order chi connectivity index (χ1) is 8.74. The molecule has 0 spiro atoms. The van der Waals surface area contributed by atoms with Crippen molar-refractivity contribution in [2.24, 2.45) is 14.1 Å². The average molecular weight is 238 g/mol. The van der Waals surface area contributed by atoms with Crippen molar-refractivity contribution < 1.29 is 0 Å². The quantitative estimate of drug-likeness (QED) is 0.687. The van der Waals surface area contributed by atoms with Gasteiger partial charge in [-0.3, -0.25) is 0 Å². The first kappa shape index (κ1) is 10.8. The van der Waals surface area contributed by atoms with E-state index in [0.29, 0.717) is 0 Å². The highest BCUT2D eigenvalue weighted by atomic mass is 15.0. The van der Waals surface area contributed by atoms with Crippen LogP contribution in [0.3, 0.4) is 0 Å². The van der Waals surface area contributed by atoms with Crippen LogP contribution in [0.4, 0.5) is 0 Å². The molecule has 0 radical (unpaired) electrons. The van der Waals surface area contributed by atoms with E-state index in [0.717, 1.165) is 22.5 Å². The summed E-state index contributed by atoms with van der Waals surface area (Å²) < 4.78 is 3.90. The van der Waals surface area contributed by atoms with Gasteiger partial charge in [-0.25, -0.2) is 9.97 Å². The summed E-state index contributed by atoms with van der Waals surface area (Å²) in [6.07, 6.45) is 7.65. The molecule has 0 saturated carbocycles. The lowest BCUT2D eigenvalue weighted by Crippen LogP contribution is -1.85. The van der Waals surface area contributed by atoms with Crippen LogP contribution in [0.2, 0.25) is 0 Å². The van der Waals surface area contributed by atoms with Gasteiger partial charge in [-0.05, 0) is 0 Å². The van der Waals surface area contributed by atoms with Gasteiger partial charge in [0.15, 0.2) is 0 Å². The largest absolute Gasteiger partial charge is 0.340 e. The third-order valence-electron chi connectivity index (χ3n) is 2.89. The Morgan fingerprint density at radius 3 is 1.56 bits per heavy atom. The fourth-order valence-corrected chi connectivity index (χ4v) is 2.03. The van der Waals surface area contributed by atoms with E-state index in [4.69, 9.17) is 0 Å². The zero-order valence-corrected chi connectivity index (χ0v) is 10.4. The first-order valence-corrected chi connectivity index (χ1v) is 5.80. The molecule has 0 amide bonds. The molecule has 4 nitrogen and oxygen atoms in total. The van der Waals surface area contributed by atoms with Gasteiger partial charge in [-0.2, -0.15) is 0 Å². The van der Waals surface area contributed by atoms with E-state index in [1.54, 1.807) is 0 Å². The third kappa shape index (κ3) is 1.82. The normalized spacial score (nSPS) is 10.8. The SMILES string of the molecule is Cn1cnc(-c2ccccc2-c2cn(C)cn2)c1. The minimum atomic E-state index is 0.971. The van der Waals surface area contributed by atoms with Crippen LogP contribution < -0.4 is 0 Å². The Balaban J connectivity index is 2.16. The van der Waals surface area contributed by atoms with Crippen LogP contribution in [0.15, 0.2) is 49.3 Å². The molecule has 0 unspecified atom stereocenters. The van der Waals surface area contributed by atoms with Gasteiger partial charge in [0.25, 0.3) is 0 Å². The maximum absolute atomic E-state index is 4.41. The summed E-state index contributed by atoms with van der Waals surface area (Å²) in [5.41, 5.74) is 4.16. The van der Waals surface area contributed by atoms with Crippen molar-refractivity contribution in [3.8, 4) is 22.5 Å². The predicted molar refractivity (Wildman–Crippen MR) is 70.8 cm³/mol. The molecule has 2 aromatic heterocycles. The number of aromatic nitrogens is 4. The second-order valence-corrected chi connectivity index (χ2v) is 4.39. The summed E-state index contributed by atoms with van der Waals surface area (Å²) >= 11 is 0. The fourth-order valence-electron chi connectivity index (χ4n) is 2.03. The van der Waals surface area contributed by atoms with Gasteiger partial charge >= 0.3 is 0 Å². The van der Waals surface area contributed by atoms with Crippen LogP contribution >= 0.6 is 0 Å². The monoisotopic (exact) mass is 238 g/mol. The lowest BCUT2D eigenvalue weighted by atomic mass is 10.0. The zero-order valence-electron chi connectivity index (χ0n) is 10.4. The molecule has 0 aliphatic carbocycles. The van der Waals surface area contributed by atoms with E-state index in [-0.39, 0.29) is 0 Å². The van der Waals surface area contributed by atoms with Crippen LogP contribution in [-0.2, 0) is 14.1 Å². The molecule has 1 aromatic carbocycles. The molecule has 2 heterocycles. The lowest BCUT2D eigenvalue weighted by Gasteiger charge is -2.04. The maximum Gasteiger partial charge on any atom is 0.0951 e. The van der Waals surface area contributed by atoms with Gasteiger partial charge in [0.05, 0.1) is 24.0 Å². The second kappa shape index (κ2) is 4.14. The standard InChI is InChI=1S/C14H14N4/c1-17-7-13(15-9-17)11-5-3-4-6-12(11)14-8-18(2)10-16-14/h3-10H,1-2H3. The Kier molecular flexibility index (Phi) is 2.48. The van der Waals surface area contributed by atoms with Crippen LogP contribution in [-0.4, -0.2) is 19.1 Å². The van der Waals surface area contributed by atoms with Crippen LogP contribution in [0.5, 0.6) is 0 Å². The van der Waals surface area contributed by atoms with E-state index in [1.165, 1.54) is 0 Å². The highest BCUT2D eigenvalue weighted by molar-refractivity contribution is 5.79. The molecule has 3 rings (SSSR count). The number of rotatable bonds is 2. The van der Waals surface area contributed by atoms with E-state index in [1.807, 2.05) is 60.4 Å². The van der Waals surface area contributed by atoms with Crippen molar-refractivity contribution in [1.82, 2.24) is 19.1 Å². The number of hydrogen-bond donors (Lipinski definition) is 0. The van der Waals surface area contributed by atoms with Gasteiger partial charge in [0.1, 0.15) is 0 Å². The molecule has 90 valence electrons. The molecule has 0 aliphatic rings. The molecule has 0 saturated heterocycles. The van der Waals surface area contributed by atoms with Crippen molar-refractivity contribution in [2.75, 3.05) is 0 Å². The molecule has 0 atom stereocenters. The molecule has 3 aromatic rings. The summed E-state index contributed by atoms with van der Waals surface area (Å²) in [4.78, 5) is 8.81. The predicted octanol–water partition coefficient (Wildman–Crippen LogP) is 2.49. The molecule has 0 fully saturated rings. The minimum Gasteiger partial charge on any atom is -0.340 e. The summed E-state index contributed by atoms with van der Waals surface area (Å²) in [7, 11) is 3.94. The van der Waals surface area contributed by atoms with E-state index >= 15 is 0 Å². The number of benzene rings is 1. The number of nitrogens with zero attached hydrogens (tertiary/aromatic N) is 4. The number of imidazole rings is 2. The van der Waals surface area contributed by atoms with Crippen LogP contribution in [0.25, 0.3) is 22.5 Å². The van der Waals surface area contributed by atoms with Gasteiger partial charge < -0.3 is 9.13 Å². The molecule has 18 heavy (non-hydrogen) atoms. The lowest BCUT2D eigenvalue weighted by molar-refractivity contribution is 0.913. The van der Waals surface area contributed by atoms with Crippen LogP contribution in [0, 0.1) is 0 Å². The molecular formula is C14H14N4. The van der Waals surface area contributed by atoms with Crippen molar-refractivity contribution >= 4 is 0 Å². The van der Waals surface area contributed by atoms with Crippen LogP contribution in [0.1, 0.15) is 0 Å². The summed E-state index contributed by atoms with van der Waals surface area (Å²) in [5.74, 6) is 0. The van der Waals surface area contributed by atoms with Crippen molar-refractivity contribution in [3.63, 3.8) is 0 Å². The summed E-state index contributed by atoms with van der Waals surface area (Å²) in [5, 5.41) is 0. The Bertz CT molecular complexity index is 619. The number of hydrogen-bond acceptors (Lipinski definition) is 2. The van der Waals surface area contributed by atoms with Gasteiger partial charge in [0.2, 0.25) is 0 Å². The van der Waals surface area contributed by atoms with E-state index in [9.17, 15) is 0 Å². The third-order valence-corrected chi connectivity index (χ3v) is 2.89. The Morgan fingerprint density at radius 2 is 1.22 bits per heavy atom. The van der Waals surface area contributed by atoms with Gasteiger partial charge in [0, 0.05) is 37.6 Å².